The van der Waals surface area contributed by atoms with Crippen molar-refractivity contribution < 1.29 is 35.2 Å². The Labute approximate surface area is 260 Å². The number of pyridine rings is 1. The van der Waals surface area contributed by atoms with E-state index in [-0.39, 0.29) is 35.1 Å². The number of carbonyl (C=O) groups is 1. The van der Waals surface area contributed by atoms with Gasteiger partial charge in [-0.2, -0.15) is 4.31 Å². The smallest absolute Gasteiger partial charge is 0.260 e. The summed E-state index contributed by atoms with van der Waals surface area (Å²) in [6, 6.07) is 6.55. The van der Waals surface area contributed by atoms with Crippen molar-refractivity contribution in [3.63, 3.8) is 0 Å². The Morgan fingerprint density at radius 2 is 1.59 bits per heavy atom. The third-order valence-corrected chi connectivity index (χ3v) is 10.6. The van der Waals surface area contributed by atoms with Gasteiger partial charge in [0, 0.05) is 25.5 Å². The van der Waals surface area contributed by atoms with E-state index in [2.05, 4.69) is 9.97 Å². The predicted molar refractivity (Wildman–Crippen MR) is 157 cm³/mol. The number of aromatic nitrogens is 3. The fourth-order valence-corrected chi connectivity index (χ4v) is 7.78. The first kappa shape index (κ1) is 31.7. The van der Waals surface area contributed by atoms with Gasteiger partial charge in [0.1, 0.15) is 6.04 Å². The van der Waals surface area contributed by atoms with Gasteiger partial charge in [0.2, 0.25) is 21.7 Å². The average Bonchev–Trinajstić information content (AvgIpc) is 3.03. The van der Waals surface area contributed by atoms with Crippen molar-refractivity contribution in [3.05, 3.63) is 93.6 Å². The summed E-state index contributed by atoms with van der Waals surface area (Å²) < 4.78 is 98.9. The van der Waals surface area contributed by atoms with E-state index in [1.54, 1.807) is 12.3 Å². The molecule has 0 spiro atoms. The fourth-order valence-electron chi connectivity index (χ4n) is 6.04. The molecular formula is C31H28F5N5O4S. The van der Waals surface area contributed by atoms with E-state index in [0.717, 1.165) is 31.2 Å². The maximum Gasteiger partial charge on any atom is 0.260 e. The first-order valence-corrected chi connectivity index (χ1v) is 16.1. The highest BCUT2D eigenvalue weighted by Crippen LogP contribution is 2.36. The van der Waals surface area contributed by atoms with Crippen LogP contribution < -0.4 is 10.5 Å². The molecule has 46 heavy (non-hydrogen) atoms. The number of carbonyl (C=O) groups excluding carboxylic acids is 1. The highest BCUT2D eigenvalue weighted by atomic mass is 32.2. The van der Waals surface area contributed by atoms with Gasteiger partial charge >= 0.3 is 0 Å². The normalized spacial score (nSPS) is 17.7. The molecule has 2 aliphatic rings. The number of nitrogens with zero attached hydrogens (tertiary/aromatic N) is 5. The summed E-state index contributed by atoms with van der Waals surface area (Å²) in [5.41, 5.74) is 1.63. The minimum Gasteiger partial charge on any atom is -0.305 e. The topological polar surface area (TPSA) is 105 Å². The van der Waals surface area contributed by atoms with E-state index in [9.17, 15) is 40.0 Å². The highest BCUT2D eigenvalue weighted by molar-refractivity contribution is 7.89. The second kappa shape index (κ2) is 12.2. The lowest BCUT2D eigenvalue weighted by Crippen LogP contribution is -2.59. The molecule has 4 aromatic rings. The van der Waals surface area contributed by atoms with Crippen molar-refractivity contribution in [2.75, 3.05) is 11.4 Å². The van der Waals surface area contributed by atoms with Gasteiger partial charge in [-0.25, -0.2) is 35.4 Å². The van der Waals surface area contributed by atoms with Crippen LogP contribution in [0.1, 0.15) is 55.7 Å². The first-order valence-electron chi connectivity index (χ1n) is 14.6. The molecule has 1 saturated carbocycles. The van der Waals surface area contributed by atoms with Crippen LogP contribution >= 0.6 is 0 Å². The van der Waals surface area contributed by atoms with E-state index < -0.39 is 62.5 Å². The van der Waals surface area contributed by atoms with E-state index in [4.69, 9.17) is 0 Å². The predicted octanol–water partition coefficient (Wildman–Crippen LogP) is 5.07. The van der Waals surface area contributed by atoms with Crippen molar-refractivity contribution in [2.45, 2.75) is 61.9 Å². The summed E-state index contributed by atoms with van der Waals surface area (Å²) in [4.78, 5) is 34.6. The van der Waals surface area contributed by atoms with Crippen LogP contribution in [0.4, 0.5) is 27.6 Å². The quantitative estimate of drug-likeness (QED) is 0.156. The number of amides is 1. The Hall–Kier alpha value is -4.24. The molecule has 0 N–H and O–H groups in total. The summed E-state index contributed by atoms with van der Waals surface area (Å²) in [5, 5.41) is 0.260. The van der Waals surface area contributed by atoms with Gasteiger partial charge in [0.15, 0.2) is 28.2 Å². The van der Waals surface area contributed by atoms with Crippen LogP contribution in [0.2, 0.25) is 0 Å². The monoisotopic (exact) mass is 661 g/mol. The van der Waals surface area contributed by atoms with Crippen LogP contribution in [0.5, 0.6) is 0 Å². The van der Waals surface area contributed by atoms with Gasteiger partial charge in [0.25, 0.3) is 5.56 Å². The zero-order valence-electron chi connectivity index (χ0n) is 24.5. The zero-order valence-corrected chi connectivity index (χ0v) is 25.3. The van der Waals surface area contributed by atoms with Gasteiger partial charge in [-0.1, -0.05) is 25.3 Å². The molecular weight excluding hydrogens is 633 g/mol. The Kier molecular flexibility index (Phi) is 8.40. The molecule has 242 valence electrons. The molecule has 15 heteroatoms. The molecule has 1 aliphatic carbocycles. The molecule has 1 atom stereocenters. The van der Waals surface area contributed by atoms with Gasteiger partial charge in [0.05, 0.1) is 29.5 Å². The zero-order chi connectivity index (χ0) is 32.9. The number of sulfonamides is 1. The number of halogens is 5. The molecule has 1 saturated heterocycles. The van der Waals surface area contributed by atoms with Crippen LogP contribution in [0.25, 0.3) is 10.9 Å². The number of fused-ring (bicyclic) bond motifs is 1. The first-order chi connectivity index (χ1) is 21.9. The second-order valence-electron chi connectivity index (χ2n) is 11.5. The molecule has 0 radical (unpaired) electrons. The minimum absolute atomic E-state index is 0.0929. The summed E-state index contributed by atoms with van der Waals surface area (Å²) in [7, 11) is -3.83. The van der Waals surface area contributed by atoms with Gasteiger partial charge in [-0.15, -0.1) is 0 Å². The molecule has 0 unspecified atom stereocenters. The van der Waals surface area contributed by atoms with Crippen molar-refractivity contribution in [1.29, 1.82) is 0 Å². The molecule has 1 amide bonds. The summed E-state index contributed by atoms with van der Waals surface area (Å²) >= 11 is 0. The number of anilines is 1. The molecule has 0 bridgehead atoms. The third-order valence-electron chi connectivity index (χ3n) is 8.72. The Morgan fingerprint density at radius 1 is 0.913 bits per heavy atom. The molecule has 3 heterocycles. The molecule has 2 aromatic carbocycles. The van der Waals surface area contributed by atoms with E-state index >= 15 is 0 Å². The summed E-state index contributed by atoms with van der Waals surface area (Å²) in [5.74, 6) is -12.8. The lowest BCUT2D eigenvalue weighted by molar-refractivity contribution is -0.125. The molecule has 2 fully saturated rings. The van der Waals surface area contributed by atoms with E-state index in [1.807, 2.05) is 6.07 Å². The maximum absolute atomic E-state index is 14.6. The van der Waals surface area contributed by atoms with Crippen molar-refractivity contribution in [3.8, 4) is 0 Å². The van der Waals surface area contributed by atoms with Crippen LogP contribution in [-0.2, 0) is 28.4 Å². The minimum atomic E-state index is -5.35. The number of hydrogen-bond acceptors (Lipinski definition) is 6. The second-order valence-corrected chi connectivity index (χ2v) is 13.4. The van der Waals surface area contributed by atoms with Gasteiger partial charge in [-0.05, 0) is 55.0 Å². The van der Waals surface area contributed by atoms with E-state index in [1.165, 1.54) is 47.5 Å². The van der Waals surface area contributed by atoms with Crippen LogP contribution in [0, 0.1) is 29.1 Å². The average molecular weight is 662 g/mol. The molecule has 6 rings (SSSR count). The van der Waals surface area contributed by atoms with Gasteiger partial charge in [-0.3, -0.25) is 14.6 Å². The lowest BCUT2D eigenvalue weighted by atomic mass is 9.85. The Balaban J connectivity index is 1.36. The molecule has 1 aliphatic heterocycles. The van der Waals surface area contributed by atoms with E-state index in [0.29, 0.717) is 15.9 Å². The summed E-state index contributed by atoms with van der Waals surface area (Å²) in [6.45, 7) is -0.567. The van der Waals surface area contributed by atoms with Crippen LogP contribution in [0.3, 0.4) is 0 Å². The number of rotatable bonds is 7. The molecule has 9 nitrogen and oxygen atoms in total. The number of hydrogen-bond donors (Lipinski definition) is 0. The Bertz CT molecular complexity index is 1990. The van der Waals surface area contributed by atoms with Crippen molar-refractivity contribution in [1.82, 2.24) is 18.8 Å². The SMILES string of the molecule is Cn1cnc2cc(N(Cc3ccc(C4CCCCC4)cn3)C(=O)[C@H]3CCN3S(=O)(=O)c3c(F)c(F)c(F)c(F)c3F)ccc2c1=O. The number of benzene rings is 2. The highest BCUT2D eigenvalue weighted by Gasteiger charge is 2.48. The Morgan fingerprint density at radius 3 is 2.20 bits per heavy atom. The van der Waals surface area contributed by atoms with Crippen LogP contribution in [0.15, 0.2) is 52.5 Å². The van der Waals surface area contributed by atoms with Gasteiger partial charge < -0.3 is 9.47 Å². The summed E-state index contributed by atoms with van der Waals surface area (Å²) in [6.07, 6.45) is 8.47. The molecule has 2 aromatic heterocycles. The standard InChI is InChI=1S/C31H28F5N5O4S/c1-39-16-38-22-13-20(9-10-21(22)30(39)42)40(15-19-8-7-18(14-37-19)17-5-3-2-4-6-17)31(43)23-11-12-41(23)46(44,45)29-27(35)25(33)24(32)26(34)28(29)36/h7-10,13-14,16-17,23H,2-6,11-12,15H2,1H3/t23-/m1/s1. The lowest BCUT2D eigenvalue weighted by Gasteiger charge is -2.41. The van der Waals surface area contributed by atoms with Crippen molar-refractivity contribution >= 4 is 32.5 Å². The number of aryl methyl sites for hydroxylation is 1. The largest absolute Gasteiger partial charge is 0.305 e. The maximum atomic E-state index is 14.6. The van der Waals surface area contributed by atoms with Crippen LogP contribution in [-0.4, -0.2) is 45.8 Å². The third kappa shape index (κ3) is 5.44. The fraction of sp³-hybridized carbons (Fsp3) is 0.355. The van der Waals surface area contributed by atoms with Crippen molar-refractivity contribution in [2.24, 2.45) is 7.05 Å².